The molecule has 0 bridgehead atoms. The SMILES string of the molecule is Cc1ccc2c(c1)CCCN2CC(=O)N[C@H](C)c1ccc2c(c1)OCO2. The van der Waals surface area contributed by atoms with Crippen molar-refractivity contribution in [2.24, 2.45) is 0 Å². The van der Waals surface area contributed by atoms with Gasteiger partial charge in [0, 0.05) is 12.2 Å². The Morgan fingerprint density at radius 3 is 2.92 bits per heavy atom. The van der Waals surface area contributed by atoms with Gasteiger partial charge in [-0.2, -0.15) is 0 Å². The summed E-state index contributed by atoms with van der Waals surface area (Å²) in [4.78, 5) is 14.8. The average molecular weight is 352 g/mol. The molecule has 2 aliphatic heterocycles. The van der Waals surface area contributed by atoms with Gasteiger partial charge in [-0.25, -0.2) is 0 Å². The average Bonchev–Trinajstić information content (AvgIpc) is 3.09. The minimum Gasteiger partial charge on any atom is -0.454 e. The first-order valence-electron chi connectivity index (χ1n) is 9.13. The van der Waals surface area contributed by atoms with Crippen LogP contribution in [0, 0.1) is 6.92 Å². The molecule has 0 spiro atoms. The predicted molar refractivity (Wildman–Crippen MR) is 101 cm³/mol. The summed E-state index contributed by atoms with van der Waals surface area (Å²) < 4.78 is 10.8. The van der Waals surface area contributed by atoms with Crippen molar-refractivity contribution in [3.63, 3.8) is 0 Å². The molecule has 1 N–H and O–H groups in total. The smallest absolute Gasteiger partial charge is 0.239 e. The van der Waals surface area contributed by atoms with Crippen LogP contribution in [0.25, 0.3) is 0 Å². The number of aryl methyl sites for hydroxylation is 2. The van der Waals surface area contributed by atoms with Crippen LogP contribution in [0.1, 0.15) is 36.1 Å². The zero-order chi connectivity index (χ0) is 18.1. The van der Waals surface area contributed by atoms with Crippen molar-refractivity contribution in [3.8, 4) is 11.5 Å². The summed E-state index contributed by atoms with van der Waals surface area (Å²) in [7, 11) is 0. The highest BCUT2D eigenvalue weighted by atomic mass is 16.7. The summed E-state index contributed by atoms with van der Waals surface area (Å²) in [5, 5.41) is 3.10. The molecule has 0 saturated carbocycles. The lowest BCUT2D eigenvalue weighted by Crippen LogP contribution is -2.40. The number of hydrogen-bond donors (Lipinski definition) is 1. The number of carbonyl (C=O) groups is 1. The van der Waals surface area contributed by atoms with Gasteiger partial charge in [0.1, 0.15) is 0 Å². The van der Waals surface area contributed by atoms with Crippen LogP contribution < -0.4 is 19.7 Å². The summed E-state index contributed by atoms with van der Waals surface area (Å²) >= 11 is 0. The van der Waals surface area contributed by atoms with E-state index in [1.807, 2.05) is 25.1 Å². The zero-order valence-corrected chi connectivity index (χ0v) is 15.2. The molecule has 5 nitrogen and oxygen atoms in total. The second-order valence-corrected chi connectivity index (χ2v) is 7.06. The molecule has 0 saturated heterocycles. The largest absolute Gasteiger partial charge is 0.454 e. The summed E-state index contributed by atoms with van der Waals surface area (Å²) in [6.07, 6.45) is 2.17. The van der Waals surface area contributed by atoms with E-state index in [0.29, 0.717) is 6.54 Å². The second-order valence-electron chi connectivity index (χ2n) is 7.06. The third kappa shape index (κ3) is 3.34. The van der Waals surface area contributed by atoms with Crippen LogP contribution in [0.15, 0.2) is 36.4 Å². The Labute approximate surface area is 153 Å². The van der Waals surface area contributed by atoms with E-state index in [9.17, 15) is 4.79 Å². The number of anilines is 1. The Balaban J connectivity index is 1.41. The van der Waals surface area contributed by atoms with Crippen LogP contribution in [0.3, 0.4) is 0 Å². The number of hydrogen-bond acceptors (Lipinski definition) is 4. The Morgan fingerprint density at radius 1 is 1.19 bits per heavy atom. The van der Waals surface area contributed by atoms with Crippen molar-refractivity contribution in [1.82, 2.24) is 5.32 Å². The summed E-state index contributed by atoms with van der Waals surface area (Å²) in [6, 6.07) is 12.2. The van der Waals surface area contributed by atoms with Gasteiger partial charge >= 0.3 is 0 Å². The van der Waals surface area contributed by atoms with E-state index < -0.39 is 0 Å². The number of nitrogens with one attached hydrogen (secondary N) is 1. The number of fused-ring (bicyclic) bond motifs is 2. The monoisotopic (exact) mass is 352 g/mol. The maximum atomic E-state index is 12.6. The number of amides is 1. The van der Waals surface area contributed by atoms with Crippen LogP contribution >= 0.6 is 0 Å². The molecule has 2 heterocycles. The van der Waals surface area contributed by atoms with E-state index in [-0.39, 0.29) is 18.7 Å². The van der Waals surface area contributed by atoms with Crippen LogP contribution in [0.2, 0.25) is 0 Å². The molecule has 1 atom stereocenters. The van der Waals surface area contributed by atoms with Gasteiger partial charge in [-0.1, -0.05) is 23.8 Å². The van der Waals surface area contributed by atoms with Gasteiger partial charge in [-0.3, -0.25) is 4.79 Å². The fourth-order valence-corrected chi connectivity index (χ4v) is 3.69. The molecule has 5 heteroatoms. The molecule has 0 aromatic heterocycles. The van der Waals surface area contributed by atoms with Gasteiger partial charge in [-0.15, -0.1) is 0 Å². The predicted octanol–water partition coefficient (Wildman–Crippen LogP) is 3.35. The lowest BCUT2D eigenvalue weighted by Gasteiger charge is -2.31. The Kier molecular flexibility index (Phi) is 4.45. The van der Waals surface area contributed by atoms with Crippen molar-refractivity contribution >= 4 is 11.6 Å². The van der Waals surface area contributed by atoms with Gasteiger partial charge in [0.05, 0.1) is 12.6 Å². The van der Waals surface area contributed by atoms with Gasteiger partial charge in [-0.05, 0) is 56.0 Å². The van der Waals surface area contributed by atoms with Crippen LogP contribution in [0.5, 0.6) is 11.5 Å². The highest BCUT2D eigenvalue weighted by molar-refractivity contribution is 5.82. The van der Waals surface area contributed by atoms with E-state index in [4.69, 9.17) is 9.47 Å². The third-order valence-corrected chi connectivity index (χ3v) is 5.06. The highest BCUT2D eigenvalue weighted by Gasteiger charge is 2.21. The topological polar surface area (TPSA) is 50.8 Å². The fraction of sp³-hybridized carbons (Fsp3) is 0.381. The van der Waals surface area contributed by atoms with Crippen molar-refractivity contribution in [2.45, 2.75) is 32.7 Å². The fourth-order valence-electron chi connectivity index (χ4n) is 3.69. The molecule has 0 radical (unpaired) electrons. The van der Waals surface area contributed by atoms with Gasteiger partial charge in [0.2, 0.25) is 12.7 Å². The van der Waals surface area contributed by atoms with E-state index in [0.717, 1.165) is 36.4 Å². The number of benzene rings is 2. The second kappa shape index (κ2) is 6.90. The molecular formula is C21H24N2O3. The van der Waals surface area contributed by atoms with E-state index in [1.54, 1.807) is 0 Å². The van der Waals surface area contributed by atoms with Crippen molar-refractivity contribution in [3.05, 3.63) is 53.1 Å². The lowest BCUT2D eigenvalue weighted by atomic mass is 9.99. The zero-order valence-electron chi connectivity index (χ0n) is 15.2. The first-order valence-corrected chi connectivity index (χ1v) is 9.13. The van der Waals surface area contributed by atoms with Crippen LogP contribution in [0.4, 0.5) is 5.69 Å². The van der Waals surface area contributed by atoms with E-state index >= 15 is 0 Å². The van der Waals surface area contributed by atoms with Gasteiger partial charge in [0.25, 0.3) is 0 Å². The Morgan fingerprint density at radius 2 is 2.04 bits per heavy atom. The molecule has 2 aliphatic rings. The molecule has 136 valence electrons. The van der Waals surface area contributed by atoms with Crippen LogP contribution in [-0.4, -0.2) is 25.8 Å². The van der Waals surface area contributed by atoms with Crippen molar-refractivity contribution < 1.29 is 14.3 Å². The molecule has 0 fully saturated rings. The molecular weight excluding hydrogens is 328 g/mol. The number of nitrogens with zero attached hydrogens (tertiary/aromatic N) is 1. The number of carbonyl (C=O) groups excluding carboxylic acids is 1. The molecule has 26 heavy (non-hydrogen) atoms. The highest BCUT2D eigenvalue weighted by Crippen LogP contribution is 2.34. The third-order valence-electron chi connectivity index (χ3n) is 5.06. The minimum absolute atomic E-state index is 0.0311. The van der Waals surface area contributed by atoms with E-state index in [1.165, 1.54) is 16.8 Å². The van der Waals surface area contributed by atoms with Gasteiger partial charge in [0.15, 0.2) is 11.5 Å². The first kappa shape index (κ1) is 16.8. The molecule has 2 aromatic rings. The van der Waals surface area contributed by atoms with Crippen LogP contribution in [-0.2, 0) is 11.2 Å². The standard InChI is InChI=1S/C21H24N2O3/c1-14-5-7-18-17(10-14)4-3-9-23(18)12-21(24)22-15(2)16-6-8-19-20(11-16)26-13-25-19/h5-8,10-11,15H,3-4,9,12-13H2,1-2H3,(H,22,24)/t15-/m1/s1. The van der Waals surface area contributed by atoms with Crippen molar-refractivity contribution in [1.29, 1.82) is 0 Å². The lowest BCUT2D eigenvalue weighted by molar-refractivity contribution is -0.120. The number of rotatable bonds is 4. The van der Waals surface area contributed by atoms with E-state index in [2.05, 4.69) is 35.3 Å². The minimum atomic E-state index is -0.0840. The molecule has 0 aliphatic carbocycles. The van der Waals surface area contributed by atoms with Crippen molar-refractivity contribution in [2.75, 3.05) is 24.8 Å². The molecule has 4 rings (SSSR count). The summed E-state index contributed by atoms with van der Waals surface area (Å²) in [6.45, 7) is 5.65. The molecule has 1 amide bonds. The normalized spacial score (nSPS) is 16.2. The summed E-state index contributed by atoms with van der Waals surface area (Å²) in [5.41, 5.74) is 4.81. The molecule has 2 aromatic carbocycles. The summed E-state index contributed by atoms with van der Waals surface area (Å²) in [5.74, 6) is 1.53. The quantitative estimate of drug-likeness (QED) is 0.917. The maximum absolute atomic E-state index is 12.6. The first-order chi connectivity index (χ1) is 12.6. The Bertz CT molecular complexity index is 834. The maximum Gasteiger partial charge on any atom is 0.239 e. The molecule has 0 unspecified atom stereocenters. The van der Waals surface area contributed by atoms with Gasteiger partial charge < -0.3 is 19.7 Å². The Hall–Kier alpha value is -2.69. The number of ether oxygens (including phenoxy) is 2.